The third-order valence-corrected chi connectivity index (χ3v) is 10.8. The minimum atomic E-state index is -5.12. The van der Waals surface area contributed by atoms with E-state index in [1.807, 2.05) is 0 Å². The molecule has 1 saturated heterocycles. The van der Waals surface area contributed by atoms with E-state index in [1.54, 1.807) is 6.08 Å². The molecule has 7 N–H and O–H groups in total. The molecule has 1 fully saturated rings. The van der Waals surface area contributed by atoms with Gasteiger partial charge in [-0.15, -0.1) is 0 Å². The zero-order chi connectivity index (χ0) is 41.4. The molecule has 1 aliphatic heterocycles. The molecule has 0 bridgehead atoms. The first-order valence-corrected chi connectivity index (χ1v) is 23.2. The zero-order valence-corrected chi connectivity index (χ0v) is 35.4. The van der Waals surface area contributed by atoms with Crippen molar-refractivity contribution in [2.75, 3.05) is 13.2 Å². The van der Waals surface area contributed by atoms with Crippen LogP contribution in [0.4, 0.5) is 0 Å². The lowest BCUT2D eigenvalue weighted by Crippen LogP contribution is -2.61. The molecule has 1 aliphatic rings. The molecule has 330 valence electrons. The molecular formula is C42H79NO12S. The van der Waals surface area contributed by atoms with Crippen LogP contribution in [0, 0.1) is 0 Å². The number of carbonyl (C=O) groups is 1. The van der Waals surface area contributed by atoms with Crippen LogP contribution < -0.4 is 5.32 Å². The van der Waals surface area contributed by atoms with Gasteiger partial charge in [-0.05, 0) is 32.1 Å². The molecule has 0 spiro atoms. The number of hydrogen-bond acceptors (Lipinski definition) is 11. The van der Waals surface area contributed by atoms with Gasteiger partial charge in [-0.25, -0.2) is 4.18 Å². The van der Waals surface area contributed by atoms with Gasteiger partial charge in [-0.1, -0.05) is 167 Å². The standard InChI is InChI=1S/C42H79NO12S/c1-3-5-7-9-11-13-15-16-17-18-19-21-22-24-26-28-30-35(45)34(33-53-42-39(48)40(55-56(50,51)52)38(47)37(32-44)54-42)43-41(49)36(46)31-29-27-25-23-20-14-12-10-8-6-4-2/h21-22,28,30,34-40,42,44-48H,3-20,23-27,29,31-33H2,1-2H3,(H,43,49)(H,50,51,52)/b22-21+,30-28+. The zero-order valence-electron chi connectivity index (χ0n) is 34.6. The summed E-state index contributed by atoms with van der Waals surface area (Å²) in [7, 11) is -5.12. The first-order chi connectivity index (χ1) is 26.9. The fourth-order valence-electron chi connectivity index (χ4n) is 6.83. The number of rotatable bonds is 36. The van der Waals surface area contributed by atoms with Gasteiger partial charge in [-0.2, -0.15) is 8.42 Å². The van der Waals surface area contributed by atoms with E-state index in [4.69, 9.17) is 14.0 Å². The van der Waals surface area contributed by atoms with E-state index in [-0.39, 0.29) is 6.42 Å². The summed E-state index contributed by atoms with van der Waals surface area (Å²) >= 11 is 0. The number of aliphatic hydroxyl groups is 5. The van der Waals surface area contributed by atoms with E-state index < -0.39 is 78.5 Å². The summed E-state index contributed by atoms with van der Waals surface area (Å²) < 4.78 is 47.4. The van der Waals surface area contributed by atoms with E-state index in [0.717, 1.165) is 38.5 Å². The summed E-state index contributed by atoms with van der Waals surface area (Å²) in [5, 5.41) is 55.0. The van der Waals surface area contributed by atoms with Gasteiger partial charge < -0.3 is 40.3 Å². The summed E-state index contributed by atoms with van der Waals surface area (Å²) in [4.78, 5) is 13.0. The molecule has 8 unspecified atom stereocenters. The topological polar surface area (TPSA) is 212 Å². The Morgan fingerprint density at radius 1 is 0.714 bits per heavy atom. The molecular weight excluding hydrogens is 743 g/mol. The van der Waals surface area contributed by atoms with Crippen molar-refractivity contribution in [2.45, 2.75) is 223 Å². The number of aliphatic hydroxyl groups excluding tert-OH is 5. The molecule has 14 heteroatoms. The van der Waals surface area contributed by atoms with E-state index in [2.05, 4.69) is 35.5 Å². The Hall–Kier alpha value is -1.46. The molecule has 1 rings (SSSR count). The number of unbranched alkanes of at least 4 members (excludes halogenated alkanes) is 21. The van der Waals surface area contributed by atoms with Crippen LogP contribution in [-0.2, 0) is 28.9 Å². The summed E-state index contributed by atoms with van der Waals surface area (Å²) in [6.07, 6.45) is 24.1. The Balaban J connectivity index is 2.66. The van der Waals surface area contributed by atoms with Gasteiger partial charge in [-0.3, -0.25) is 9.35 Å². The van der Waals surface area contributed by atoms with Crippen molar-refractivity contribution in [2.24, 2.45) is 0 Å². The van der Waals surface area contributed by atoms with Crippen molar-refractivity contribution < 1.29 is 57.0 Å². The minimum absolute atomic E-state index is 0.239. The minimum Gasteiger partial charge on any atom is -0.394 e. The number of amides is 1. The van der Waals surface area contributed by atoms with Gasteiger partial charge in [0.2, 0.25) is 5.91 Å². The Kier molecular flexibility index (Phi) is 31.3. The van der Waals surface area contributed by atoms with Crippen LogP contribution in [0.3, 0.4) is 0 Å². The second-order valence-electron chi connectivity index (χ2n) is 15.4. The highest BCUT2D eigenvalue weighted by Crippen LogP contribution is 2.26. The average molecular weight is 822 g/mol. The quantitative estimate of drug-likeness (QED) is 0.0199. The van der Waals surface area contributed by atoms with Crippen molar-refractivity contribution in [1.29, 1.82) is 0 Å². The van der Waals surface area contributed by atoms with Crippen LogP contribution >= 0.6 is 0 Å². The third kappa shape index (κ3) is 25.8. The molecule has 1 amide bonds. The maximum Gasteiger partial charge on any atom is 0.397 e. The first-order valence-electron chi connectivity index (χ1n) is 21.8. The fourth-order valence-corrected chi connectivity index (χ4v) is 7.34. The summed E-state index contributed by atoms with van der Waals surface area (Å²) in [5.74, 6) is -0.714. The number of carbonyl (C=O) groups excluding carboxylic acids is 1. The Labute approximate surface area is 338 Å². The second kappa shape index (κ2) is 33.4. The lowest BCUT2D eigenvalue weighted by Gasteiger charge is -2.41. The highest BCUT2D eigenvalue weighted by Gasteiger charge is 2.48. The van der Waals surface area contributed by atoms with Gasteiger partial charge >= 0.3 is 10.4 Å². The van der Waals surface area contributed by atoms with Gasteiger partial charge in [0, 0.05) is 0 Å². The average Bonchev–Trinajstić information content (AvgIpc) is 3.16. The van der Waals surface area contributed by atoms with Gasteiger partial charge in [0.1, 0.15) is 30.5 Å². The van der Waals surface area contributed by atoms with Crippen molar-refractivity contribution in [3.8, 4) is 0 Å². The smallest absolute Gasteiger partial charge is 0.394 e. The number of allylic oxidation sites excluding steroid dienone is 3. The normalized spacial score (nSPS) is 22.2. The molecule has 8 atom stereocenters. The number of hydrogen-bond donors (Lipinski definition) is 7. The molecule has 0 radical (unpaired) electrons. The molecule has 0 aromatic carbocycles. The maximum absolute atomic E-state index is 13.0. The highest BCUT2D eigenvalue weighted by molar-refractivity contribution is 7.80. The summed E-state index contributed by atoms with van der Waals surface area (Å²) in [5.41, 5.74) is 0. The number of ether oxygens (including phenoxy) is 2. The van der Waals surface area contributed by atoms with Crippen LogP contribution in [0.2, 0.25) is 0 Å². The largest absolute Gasteiger partial charge is 0.397 e. The number of nitrogens with one attached hydrogen (secondary N) is 1. The predicted octanol–water partition coefficient (Wildman–Crippen LogP) is 6.74. The predicted molar refractivity (Wildman–Crippen MR) is 219 cm³/mol. The van der Waals surface area contributed by atoms with Crippen LogP contribution in [-0.4, -0.2) is 107 Å². The monoisotopic (exact) mass is 822 g/mol. The molecule has 0 aromatic heterocycles. The molecule has 1 heterocycles. The third-order valence-electron chi connectivity index (χ3n) is 10.3. The van der Waals surface area contributed by atoms with Gasteiger partial charge in [0.05, 0.1) is 25.4 Å². The van der Waals surface area contributed by atoms with Gasteiger partial charge in [0.25, 0.3) is 0 Å². The van der Waals surface area contributed by atoms with Crippen molar-refractivity contribution in [3.63, 3.8) is 0 Å². The van der Waals surface area contributed by atoms with Crippen molar-refractivity contribution in [3.05, 3.63) is 24.3 Å². The fraction of sp³-hybridized carbons (Fsp3) is 0.881. The molecule has 13 nitrogen and oxygen atoms in total. The Morgan fingerprint density at radius 2 is 1.20 bits per heavy atom. The molecule has 0 aliphatic carbocycles. The van der Waals surface area contributed by atoms with Gasteiger partial charge in [0.15, 0.2) is 6.29 Å². The van der Waals surface area contributed by atoms with Crippen LogP contribution in [0.25, 0.3) is 0 Å². The van der Waals surface area contributed by atoms with E-state index in [1.165, 1.54) is 109 Å². The van der Waals surface area contributed by atoms with E-state index in [0.29, 0.717) is 12.8 Å². The summed E-state index contributed by atoms with van der Waals surface area (Å²) in [6, 6.07) is -1.13. The summed E-state index contributed by atoms with van der Waals surface area (Å²) in [6.45, 7) is 3.17. The van der Waals surface area contributed by atoms with Crippen molar-refractivity contribution in [1.82, 2.24) is 5.32 Å². The first kappa shape index (κ1) is 52.6. The maximum atomic E-state index is 13.0. The van der Waals surface area contributed by atoms with E-state index in [9.17, 15) is 38.7 Å². The van der Waals surface area contributed by atoms with Crippen LogP contribution in [0.5, 0.6) is 0 Å². The van der Waals surface area contributed by atoms with Crippen LogP contribution in [0.1, 0.15) is 174 Å². The lowest BCUT2D eigenvalue weighted by atomic mass is 9.99. The molecule has 56 heavy (non-hydrogen) atoms. The van der Waals surface area contributed by atoms with Crippen molar-refractivity contribution >= 4 is 16.3 Å². The SMILES string of the molecule is CCCCCCCCCCCC/C=C/CC/C=C/C(O)C(COC1OC(CO)C(O)C(OS(=O)(=O)O)C1O)NC(=O)C(O)CCCCCCCCCCCCC. The Bertz CT molecular complexity index is 1120. The van der Waals surface area contributed by atoms with Crippen LogP contribution in [0.15, 0.2) is 24.3 Å². The lowest BCUT2D eigenvalue weighted by molar-refractivity contribution is -0.298. The Morgan fingerprint density at radius 3 is 1.71 bits per heavy atom. The highest BCUT2D eigenvalue weighted by atomic mass is 32.3. The van der Waals surface area contributed by atoms with E-state index >= 15 is 0 Å². The molecule has 0 saturated carbocycles. The molecule has 0 aromatic rings. The second-order valence-corrected chi connectivity index (χ2v) is 16.5.